The molecular formula is C34H36F2N2O3. The minimum absolute atomic E-state index is 0.0333. The summed E-state index contributed by atoms with van der Waals surface area (Å²) in [5.41, 5.74) is 4.68. The smallest absolute Gasteiger partial charge is 0.131 e. The molecule has 4 aromatic carbocycles. The summed E-state index contributed by atoms with van der Waals surface area (Å²) < 4.78 is 33.9. The predicted octanol–water partition coefficient (Wildman–Crippen LogP) is 7.01. The lowest BCUT2D eigenvalue weighted by atomic mass is 9.88. The number of rotatable bonds is 10. The number of aromatic hydroxyl groups is 2. The summed E-state index contributed by atoms with van der Waals surface area (Å²) >= 11 is 0. The van der Waals surface area contributed by atoms with Crippen molar-refractivity contribution in [1.82, 2.24) is 4.90 Å². The number of ether oxygens (including phenoxy) is 1. The van der Waals surface area contributed by atoms with E-state index in [4.69, 9.17) is 4.74 Å². The van der Waals surface area contributed by atoms with Crippen LogP contribution in [0.5, 0.6) is 17.2 Å². The third-order valence-corrected chi connectivity index (χ3v) is 7.83. The van der Waals surface area contributed by atoms with E-state index in [2.05, 4.69) is 21.9 Å². The molecule has 0 saturated heterocycles. The molecule has 0 aliphatic carbocycles. The Bertz CT molecular complexity index is 1440. The quantitative estimate of drug-likeness (QED) is 0.219. The van der Waals surface area contributed by atoms with Crippen LogP contribution in [0.15, 0.2) is 84.9 Å². The molecule has 4 aromatic rings. The van der Waals surface area contributed by atoms with Crippen LogP contribution in [0.25, 0.3) is 0 Å². The minimum atomic E-state index is -0.414. The number of phenolic OH excluding ortho intramolecular Hbond substituents is 2. The number of halogens is 2. The highest BCUT2D eigenvalue weighted by Gasteiger charge is 2.28. The highest BCUT2D eigenvalue weighted by atomic mass is 19.1. The van der Waals surface area contributed by atoms with Crippen molar-refractivity contribution in [2.75, 3.05) is 24.6 Å². The van der Waals surface area contributed by atoms with E-state index in [0.717, 1.165) is 47.5 Å². The summed E-state index contributed by atoms with van der Waals surface area (Å²) in [7, 11) is 0. The zero-order valence-corrected chi connectivity index (χ0v) is 23.4. The fourth-order valence-electron chi connectivity index (χ4n) is 5.51. The van der Waals surface area contributed by atoms with Gasteiger partial charge in [0.25, 0.3) is 0 Å². The second-order valence-electron chi connectivity index (χ2n) is 10.8. The number of benzene rings is 4. The molecule has 5 nitrogen and oxygen atoms in total. The first kappa shape index (κ1) is 28.4. The van der Waals surface area contributed by atoms with Gasteiger partial charge in [0.15, 0.2) is 0 Å². The molecule has 1 unspecified atom stereocenters. The van der Waals surface area contributed by atoms with Crippen LogP contribution in [0.4, 0.5) is 14.5 Å². The molecule has 1 aliphatic rings. The molecule has 5 rings (SSSR count). The largest absolute Gasteiger partial charge is 0.508 e. The molecule has 1 atom stereocenters. The monoisotopic (exact) mass is 558 g/mol. The highest BCUT2D eigenvalue weighted by Crippen LogP contribution is 2.37. The zero-order chi connectivity index (χ0) is 28.9. The highest BCUT2D eigenvalue weighted by molar-refractivity contribution is 5.54. The average molecular weight is 559 g/mol. The van der Waals surface area contributed by atoms with Gasteiger partial charge in [-0.05, 0) is 104 Å². The van der Waals surface area contributed by atoms with Crippen molar-refractivity contribution in [2.45, 2.75) is 45.3 Å². The first-order valence-corrected chi connectivity index (χ1v) is 14.0. The number of fused-ring (bicyclic) bond motifs is 1. The lowest BCUT2D eigenvalue weighted by molar-refractivity contribution is 0.166. The Hall–Kier alpha value is -4.10. The third-order valence-electron chi connectivity index (χ3n) is 7.83. The zero-order valence-electron chi connectivity index (χ0n) is 23.4. The number of hydrogen-bond acceptors (Lipinski definition) is 5. The van der Waals surface area contributed by atoms with Gasteiger partial charge in [-0.1, -0.05) is 24.3 Å². The third kappa shape index (κ3) is 6.80. The van der Waals surface area contributed by atoms with Crippen LogP contribution in [0.3, 0.4) is 0 Å². The Morgan fingerprint density at radius 1 is 0.951 bits per heavy atom. The van der Waals surface area contributed by atoms with Crippen LogP contribution in [0, 0.1) is 11.6 Å². The van der Waals surface area contributed by atoms with Crippen molar-refractivity contribution in [3.05, 3.63) is 119 Å². The Balaban J connectivity index is 1.25. The van der Waals surface area contributed by atoms with Crippen molar-refractivity contribution >= 4 is 5.69 Å². The maximum atomic E-state index is 14.3. The fraction of sp³-hybridized carbons (Fsp3) is 0.294. The Kier molecular flexibility index (Phi) is 8.74. The van der Waals surface area contributed by atoms with Gasteiger partial charge in [-0.25, -0.2) is 8.78 Å². The van der Waals surface area contributed by atoms with Gasteiger partial charge < -0.3 is 19.8 Å². The van der Waals surface area contributed by atoms with E-state index in [1.807, 2.05) is 50.2 Å². The molecule has 0 aromatic heterocycles. The predicted molar refractivity (Wildman–Crippen MR) is 158 cm³/mol. The molecule has 7 heteroatoms. The van der Waals surface area contributed by atoms with Gasteiger partial charge in [-0.15, -0.1) is 0 Å². The second kappa shape index (κ2) is 12.6. The van der Waals surface area contributed by atoms with Crippen LogP contribution in [0.1, 0.15) is 42.1 Å². The minimum Gasteiger partial charge on any atom is -0.508 e. The van der Waals surface area contributed by atoms with Crippen molar-refractivity contribution in [1.29, 1.82) is 0 Å². The van der Waals surface area contributed by atoms with Crippen molar-refractivity contribution in [2.24, 2.45) is 0 Å². The Labute approximate surface area is 240 Å². The van der Waals surface area contributed by atoms with Crippen LogP contribution >= 0.6 is 0 Å². The summed E-state index contributed by atoms with van der Waals surface area (Å²) in [5.74, 6) is 0.298. The van der Waals surface area contributed by atoms with E-state index in [-0.39, 0.29) is 29.4 Å². The molecule has 0 radical (unpaired) electrons. The summed E-state index contributed by atoms with van der Waals surface area (Å²) in [4.78, 5) is 4.37. The van der Waals surface area contributed by atoms with E-state index >= 15 is 0 Å². The number of anilines is 1. The second-order valence-corrected chi connectivity index (χ2v) is 10.8. The lowest BCUT2D eigenvalue weighted by Crippen LogP contribution is -2.36. The lowest BCUT2D eigenvalue weighted by Gasteiger charge is -2.39. The topological polar surface area (TPSA) is 56.2 Å². The molecule has 0 bridgehead atoms. The van der Waals surface area contributed by atoms with Gasteiger partial charge in [0.1, 0.15) is 35.5 Å². The molecular weight excluding hydrogens is 522 g/mol. The fourth-order valence-corrected chi connectivity index (χ4v) is 5.51. The molecule has 0 saturated carbocycles. The van der Waals surface area contributed by atoms with E-state index in [1.54, 1.807) is 6.07 Å². The SMILES string of the molecule is CC(C)N(CCOc1ccc(CC2c3ccc(O)cc3CCN2c2ccc(F)cc2)cc1)Cc1c(O)cccc1F. The van der Waals surface area contributed by atoms with Gasteiger partial charge in [0.2, 0.25) is 0 Å². The van der Waals surface area contributed by atoms with Crippen LogP contribution in [-0.4, -0.2) is 40.9 Å². The van der Waals surface area contributed by atoms with Crippen molar-refractivity contribution in [3.8, 4) is 17.2 Å². The van der Waals surface area contributed by atoms with E-state index in [1.165, 1.54) is 30.3 Å². The van der Waals surface area contributed by atoms with Crippen LogP contribution in [-0.2, 0) is 19.4 Å². The standard InChI is InChI=1S/C34H36F2N2O3/c1-23(2)37(22-31-32(36)4-3-5-34(31)40)18-19-41-29-13-6-24(7-14-29)20-33-30-15-12-28(39)21-25(30)16-17-38(33)27-10-8-26(35)9-11-27/h3-15,21,23,33,39-40H,16-20,22H2,1-2H3. The van der Waals surface area contributed by atoms with Gasteiger partial charge in [0, 0.05) is 36.9 Å². The summed E-state index contributed by atoms with van der Waals surface area (Å²) in [6.07, 6.45) is 1.54. The number of phenols is 2. The van der Waals surface area contributed by atoms with Gasteiger partial charge in [-0.2, -0.15) is 0 Å². The molecule has 1 aliphatic heterocycles. The molecule has 0 fully saturated rings. The number of nitrogens with zero attached hydrogens (tertiary/aromatic N) is 2. The Morgan fingerprint density at radius 2 is 1.71 bits per heavy atom. The van der Waals surface area contributed by atoms with E-state index in [0.29, 0.717) is 25.3 Å². The van der Waals surface area contributed by atoms with Crippen LogP contribution in [0.2, 0.25) is 0 Å². The van der Waals surface area contributed by atoms with E-state index < -0.39 is 5.82 Å². The molecule has 1 heterocycles. The molecule has 0 amide bonds. The summed E-state index contributed by atoms with van der Waals surface area (Å²) in [6, 6.07) is 24.8. The normalized spacial score (nSPS) is 14.9. The molecule has 2 N–H and O–H groups in total. The average Bonchev–Trinajstić information content (AvgIpc) is 2.95. The molecule has 0 spiro atoms. The first-order valence-electron chi connectivity index (χ1n) is 14.0. The van der Waals surface area contributed by atoms with Gasteiger partial charge >= 0.3 is 0 Å². The van der Waals surface area contributed by atoms with Crippen molar-refractivity contribution in [3.63, 3.8) is 0 Å². The first-order chi connectivity index (χ1) is 19.8. The molecule has 214 valence electrons. The maximum Gasteiger partial charge on any atom is 0.131 e. The summed E-state index contributed by atoms with van der Waals surface area (Å²) in [6.45, 7) is 6.13. The van der Waals surface area contributed by atoms with Gasteiger partial charge in [0.05, 0.1) is 6.04 Å². The van der Waals surface area contributed by atoms with Crippen LogP contribution < -0.4 is 9.64 Å². The molecule has 41 heavy (non-hydrogen) atoms. The number of hydrogen-bond donors (Lipinski definition) is 2. The van der Waals surface area contributed by atoms with Gasteiger partial charge in [-0.3, -0.25) is 4.90 Å². The summed E-state index contributed by atoms with van der Waals surface area (Å²) in [5, 5.41) is 20.1. The Morgan fingerprint density at radius 3 is 2.41 bits per heavy atom. The van der Waals surface area contributed by atoms with Crippen molar-refractivity contribution < 1.29 is 23.7 Å². The maximum absolute atomic E-state index is 14.3. The van der Waals surface area contributed by atoms with E-state index in [9.17, 15) is 19.0 Å².